The second-order valence-corrected chi connectivity index (χ2v) is 5.89. The topological polar surface area (TPSA) is 102 Å². The number of hydrogen-bond donors (Lipinski definition) is 3. The molecular weight excluding hydrogens is 365 g/mol. The fraction of sp³-hybridized carbons (Fsp3) is 0.312. The first-order valence-corrected chi connectivity index (χ1v) is 7.78. The summed E-state index contributed by atoms with van der Waals surface area (Å²) < 4.78 is 1.62. The van der Waals surface area contributed by atoms with Crippen molar-refractivity contribution < 1.29 is 9.59 Å². The molecular formula is C16H21Cl2N5O2. The summed E-state index contributed by atoms with van der Waals surface area (Å²) in [6, 6.07) is 5.83. The van der Waals surface area contributed by atoms with Gasteiger partial charge < -0.3 is 16.4 Å². The van der Waals surface area contributed by atoms with Crippen molar-refractivity contribution in [3.05, 3.63) is 52.8 Å². The first kappa shape index (κ1) is 21.0. The highest BCUT2D eigenvalue weighted by Crippen LogP contribution is 2.22. The van der Waals surface area contributed by atoms with Gasteiger partial charge in [-0.15, -0.1) is 12.4 Å². The van der Waals surface area contributed by atoms with Crippen LogP contribution in [0.4, 0.5) is 0 Å². The second kappa shape index (κ2) is 9.41. The van der Waals surface area contributed by atoms with Gasteiger partial charge in [-0.05, 0) is 24.7 Å². The number of aromatic nitrogens is 2. The zero-order chi connectivity index (χ0) is 17.7. The maximum absolute atomic E-state index is 12.6. The molecule has 1 unspecified atom stereocenters. The van der Waals surface area contributed by atoms with E-state index in [4.69, 9.17) is 17.3 Å². The highest BCUT2D eigenvalue weighted by Gasteiger charge is 2.24. The molecule has 7 nitrogen and oxygen atoms in total. The number of aryl methyl sites for hydroxylation is 1. The standard InChI is InChI=1S/C16H20ClN5O2.ClH/c1-19-15(11-8-20-22(2)9-11)16(24)21-13(7-14(18)23)10-4-3-5-12(17)6-10;/h3-6,8-9,13,15,19H,7H2,1-2H3,(H2,18,23)(H,21,24);1H/t13-,15?;/m1./s1. The molecule has 2 rings (SSSR count). The molecule has 0 saturated carbocycles. The molecule has 0 aliphatic heterocycles. The minimum Gasteiger partial charge on any atom is -0.370 e. The van der Waals surface area contributed by atoms with Crippen LogP contribution in [0.25, 0.3) is 0 Å². The number of halogens is 2. The van der Waals surface area contributed by atoms with Gasteiger partial charge in [-0.1, -0.05) is 23.7 Å². The fourth-order valence-corrected chi connectivity index (χ4v) is 2.67. The Labute approximate surface area is 157 Å². The van der Waals surface area contributed by atoms with Crippen LogP contribution in [0.2, 0.25) is 5.02 Å². The molecule has 136 valence electrons. The first-order valence-electron chi connectivity index (χ1n) is 7.40. The van der Waals surface area contributed by atoms with Gasteiger partial charge in [-0.25, -0.2) is 0 Å². The molecule has 2 amide bonds. The van der Waals surface area contributed by atoms with Gasteiger partial charge in [0.2, 0.25) is 11.8 Å². The van der Waals surface area contributed by atoms with E-state index in [0.29, 0.717) is 5.02 Å². The monoisotopic (exact) mass is 385 g/mol. The van der Waals surface area contributed by atoms with Crippen molar-refractivity contribution in [2.75, 3.05) is 7.05 Å². The molecule has 0 spiro atoms. The van der Waals surface area contributed by atoms with Crippen LogP contribution in [-0.2, 0) is 16.6 Å². The van der Waals surface area contributed by atoms with E-state index in [9.17, 15) is 9.59 Å². The zero-order valence-electron chi connectivity index (χ0n) is 13.9. The summed E-state index contributed by atoms with van der Waals surface area (Å²) in [5, 5.41) is 10.4. The smallest absolute Gasteiger partial charge is 0.242 e. The number of rotatable bonds is 7. The SMILES string of the molecule is CNC(C(=O)N[C@H](CC(N)=O)c1cccc(Cl)c1)c1cnn(C)c1.Cl. The number of hydrogen-bond acceptors (Lipinski definition) is 4. The number of primary amides is 1. The molecule has 0 aliphatic rings. The van der Waals surface area contributed by atoms with Crippen molar-refractivity contribution in [2.24, 2.45) is 12.8 Å². The average Bonchev–Trinajstić information content (AvgIpc) is 2.93. The molecule has 1 aromatic heterocycles. The summed E-state index contributed by atoms with van der Waals surface area (Å²) in [6.07, 6.45) is 3.35. The van der Waals surface area contributed by atoms with Crippen LogP contribution in [0.15, 0.2) is 36.7 Å². The second-order valence-electron chi connectivity index (χ2n) is 5.46. The minimum absolute atomic E-state index is 0. The number of benzene rings is 1. The van der Waals surface area contributed by atoms with Crippen LogP contribution < -0.4 is 16.4 Å². The highest BCUT2D eigenvalue weighted by molar-refractivity contribution is 6.30. The number of carbonyl (C=O) groups is 2. The summed E-state index contributed by atoms with van der Waals surface area (Å²) >= 11 is 6.00. The molecule has 0 saturated heterocycles. The average molecular weight is 386 g/mol. The fourth-order valence-electron chi connectivity index (χ4n) is 2.47. The van der Waals surface area contributed by atoms with Crippen molar-refractivity contribution in [3.63, 3.8) is 0 Å². The predicted octanol–water partition coefficient (Wildman–Crippen LogP) is 1.49. The third-order valence-electron chi connectivity index (χ3n) is 3.58. The van der Waals surface area contributed by atoms with Gasteiger partial charge >= 0.3 is 0 Å². The lowest BCUT2D eigenvalue weighted by Crippen LogP contribution is -2.39. The molecule has 25 heavy (non-hydrogen) atoms. The molecule has 1 aromatic carbocycles. The van der Waals surface area contributed by atoms with Gasteiger partial charge in [-0.3, -0.25) is 14.3 Å². The summed E-state index contributed by atoms with van der Waals surface area (Å²) in [7, 11) is 3.45. The van der Waals surface area contributed by atoms with Crippen molar-refractivity contribution in [2.45, 2.75) is 18.5 Å². The number of nitrogens with two attached hydrogens (primary N) is 1. The van der Waals surface area contributed by atoms with Gasteiger partial charge in [0.05, 0.1) is 18.7 Å². The lowest BCUT2D eigenvalue weighted by molar-refractivity contribution is -0.124. The van der Waals surface area contributed by atoms with Crippen LogP contribution >= 0.6 is 24.0 Å². The van der Waals surface area contributed by atoms with E-state index in [1.54, 1.807) is 55.4 Å². The molecule has 0 aliphatic carbocycles. The van der Waals surface area contributed by atoms with E-state index in [1.165, 1.54) is 0 Å². The van der Waals surface area contributed by atoms with Crippen molar-refractivity contribution in [1.29, 1.82) is 0 Å². The number of nitrogens with one attached hydrogen (secondary N) is 2. The van der Waals surface area contributed by atoms with Gasteiger partial charge in [-0.2, -0.15) is 5.10 Å². The van der Waals surface area contributed by atoms with Gasteiger partial charge in [0.25, 0.3) is 0 Å². The largest absolute Gasteiger partial charge is 0.370 e. The minimum atomic E-state index is -0.590. The van der Waals surface area contributed by atoms with E-state index in [-0.39, 0.29) is 24.7 Å². The molecule has 0 radical (unpaired) electrons. The van der Waals surface area contributed by atoms with Gasteiger partial charge in [0.15, 0.2) is 0 Å². The third-order valence-corrected chi connectivity index (χ3v) is 3.82. The molecule has 1 heterocycles. The Morgan fingerprint density at radius 3 is 2.60 bits per heavy atom. The van der Waals surface area contributed by atoms with Crippen LogP contribution in [0, 0.1) is 0 Å². The zero-order valence-corrected chi connectivity index (χ0v) is 15.5. The number of amides is 2. The van der Waals surface area contributed by atoms with Crippen LogP contribution in [0.5, 0.6) is 0 Å². The van der Waals surface area contributed by atoms with E-state index in [2.05, 4.69) is 15.7 Å². The Morgan fingerprint density at radius 2 is 2.08 bits per heavy atom. The van der Waals surface area contributed by atoms with Crippen LogP contribution in [-0.4, -0.2) is 28.6 Å². The lowest BCUT2D eigenvalue weighted by Gasteiger charge is -2.22. The summed E-state index contributed by atoms with van der Waals surface area (Å²) in [5.41, 5.74) is 6.76. The Hall–Kier alpha value is -2.09. The quantitative estimate of drug-likeness (QED) is 0.671. The summed E-state index contributed by atoms with van der Waals surface area (Å²) in [5.74, 6) is -0.792. The molecule has 2 aromatic rings. The molecule has 0 bridgehead atoms. The Bertz CT molecular complexity index is 735. The van der Waals surface area contributed by atoms with Gasteiger partial charge in [0.1, 0.15) is 6.04 Å². The number of carbonyl (C=O) groups excluding carboxylic acids is 2. The highest BCUT2D eigenvalue weighted by atomic mass is 35.5. The Kier molecular flexibility index (Phi) is 7.89. The maximum atomic E-state index is 12.6. The van der Waals surface area contributed by atoms with Crippen LogP contribution in [0.3, 0.4) is 0 Å². The predicted molar refractivity (Wildman–Crippen MR) is 98.4 cm³/mol. The first-order chi connectivity index (χ1) is 11.4. The lowest BCUT2D eigenvalue weighted by atomic mass is 10.0. The van der Waals surface area contributed by atoms with Gasteiger partial charge in [0, 0.05) is 23.8 Å². The van der Waals surface area contributed by atoms with E-state index < -0.39 is 18.0 Å². The summed E-state index contributed by atoms with van der Waals surface area (Å²) in [4.78, 5) is 24.0. The van der Waals surface area contributed by atoms with Crippen molar-refractivity contribution in [3.8, 4) is 0 Å². The van der Waals surface area contributed by atoms with E-state index in [1.807, 2.05) is 0 Å². The number of likely N-dealkylation sites (N-methyl/N-ethyl adjacent to an activating group) is 1. The summed E-state index contributed by atoms with van der Waals surface area (Å²) in [6.45, 7) is 0. The normalized spacial score (nSPS) is 12.8. The molecule has 9 heteroatoms. The molecule has 2 atom stereocenters. The Morgan fingerprint density at radius 1 is 1.36 bits per heavy atom. The van der Waals surface area contributed by atoms with Crippen molar-refractivity contribution >= 4 is 35.8 Å². The van der Waals surface area contributed by atoms with E-state index in [0.717, 1.165) is 11.1 Å². The van der Waals surface area contributed by atoms with Crippen LogP contribution in [0.1, 0.15) is 29.6 Å². The molecule has 0 fully saturated rings. The van der Waals surface area contributed by atoms with Crippen molar-refractivity contribution in [1.82, 2.24) is 20.4 Å². The Balaban J connectivity index is 0.00000312. The maximum Gasteiger partial charge on any atom is 0.242 e. The molecule has 4 N–H and O–H groups in total. The van der Waals surface area contributed by atoms with E-state index >= 15 is 0 Å². The third kappa shape index (κ3) is 5.74. The number of nitrogens with zero attached hydrogens (tertiary/aromatic N) is 2.